The van der Waals surface area contributed by atoms with E-state index in [-0.39, 0.29) is 24.3 Å². The van der Waals surface area contributed by atoms with Crippen molar-refractivity contribution < 1.29 is 27.5 Å². The molecule has 2 rings (SSSR count). The zero-order chi connectivity index (χ0) is 17.7. The number of ether oxygens (including phenoxy) is 1. The van der Waals surface area contributed by atoms with Crippen molar-refractivity contribution in [3.8, 4) is 5.75 Å². The molecule has 0 fully saturated rings. The fraction of sp³-hybridized carbons (Fsp3) is 0.250. The first-order valence-electron chi connectivity index (χ1n) is 6.99. The number of benzene rings is 1. The largest absolute Gasteiger partial charge is 0.432 e. The molecular formula is C16H14F3NO3S. The number of carbonyl (C=O) groups excluding carboxylic acids is 2. The third-order valence-electron chi connectivity index (χ3n) is 3.03. The topological polar surface area (TPSA) is 55.4 Å². The molecule has 1 amide bonds. The van der Waals surface area contributed by atoms with E-state index in [0.717, 1.165) is 17.0 Å². The van der Waals surface area contributed by atoms with E-state index in [1.165, 1.54) is 17.4 Å². The highest BCUT2D eigenvalue weighted by atomic mass is 32.1. The monoisotopic (exact) mass is 357 g/mol. The quantitative estimate of drug-likeness (QED) is 0.748. The molecule has 4 nitrogen and oxygen atoms in total. The van der Waals surface area contributed by atoms with Crippen LogP contribution in [0.25, 0.3) is 0 Å². The number of alkyl halides is 2. The van der Waals surface area contributed by atoms with E-state index in [1.54, 1.807) is 6.07 Å². The lowest BCUT2D eigenvalue weighted by Crippen LogP contribution is -2.13. The van der Waals surface area contributed by atoms with Gasteiger partial charge in [0.25, 0.3) is 0 Å². The van der Waals surface area contributed by atoms with Crippen LogP contribution in [-0.2, 0) is 4.79 Å². The molecule has 0 atom stereocenters. The van der Waals surface area contributed by atoms with Crippen molar-refractivity contribution in [2.45, 2.75) is 26.4 Å². The zero-order valence-corrected chi connectivity index (χ0v) is 13.5. The van der Waals surface area contributed by atoms with Crippen molar-refractivity contribution in [2.75, 3.05) is 5.32 Å². The lowest BCUT2D eigenvalue weighted by atomic mass is 10.2. The molecule has 0 aliphatic heterocycles. The molecule has 0 saturated carbocycles. The van der Waals surface area contributed by atoms with Gasteiger partial charge in [0.2, 0.25) is 5.91 Å². The van der Waals surface area contributed by atoms with E-state index >= 15 is 0 Å². The predicted octanol–water partition coefficient (Wildman–Crippen LogP) is 4.40. The maximum absolute atomic E-state index is 13.5. The number of hydrogen-bond donors (Lipinski definition) is 1. The van der Waals surface area contributed by atoms with Gasteiger partial charge in [-0.1, -0.05) is 0 Å². The van der Waals surface area contributed by atoms with Gasteiger partial charge in [-0.3, -0.25) is 9.59 Å². The van der Waals surface area contributed by atoms with Crippen LogP contribution in [0.5, 0.6) is 5.75 Å². The Morgan fingerprint density at radius 2 is 1.96 bits per heavy atom. The zero-order valence-electron chi connectivity index (χ0n) is 12.6. The molecule has 1 aromatic carbocycles. The second-order valence-electron chi connectivity index (χ2n) is 4.91. The Morgan fingerprint density at radius 1 is 1.21 bits per heavy atom. The van der Waals surface area contributed by atoms with Gasteiger partial charge < -0.3 is 10.1 Å². The lowest BCUT2D eigenvalue weighted by molar-refractivity contribution is -0.116. The normalized spacial score (nSPS) is 10.7. The smallest absolute Gasteiger partial charge is 0.387 e. The molecule has 128 valence electrons. The number of hydrogen-bond acceptors (Lipinski definition) is 4. The summed E-state index contributed by atoms with van der Waals surface area (Å²) in [4.78, 5) is 25.3. The second kappa shape index (κ2) is 7.96. The summed E-state index contributed by atoms with van der Waals surface area (Å²) < 4.78 is 41.6. The molecule has 2 aromatic rings. The van der Waals surface area contributed by atoms with Gasteiger partial charge in [-0.2, -0.15) is 8.78 Å². The Bertz CT molecular complexity index is 746. The van der Waals surface area contributed by atoms with E-state index in [4.69, 9.17) is 0 Å². The number of anilines is 1. The van der Waals surface area contributed by atoms with Crippen molar-refractivity contribution >= 4 is 28.7 Å². The minimum Gasteiger partial charge on any atom is -0.432 e. The van der Waals surface area contributed by atoms with Crippen LogP contribution < -0.4 is 10.1 Å². The van der Waals surface area contributed by atoms with Gasteiger partial charge >= 0.3 is 6.61 Å². The fourth-order valence-electron chi connectivity index (χ4n) is 1.93. The third kappa shape index (κ3) is 5.09. The molecule has 1 aromatic heterocycles. The van der Waals surface area contributed by atoms with Crippen LogP contribution >= 0.6 is 11.3 Å². The highest BCUT2D eigenvalue weighted by Crippen LogP contribution is 2.23. The van der Waals surface area contributed by atoms with Crippen molar-refractivity contribution in [1.29, 1.82) is 0 Å². The number of ketones is 1. The van der Waals surface area contributed by atoms with Gasteiger partial charge in [-0.05, 0) is 31.2 Å². The first kappa shape index (κ1) is 18.0. The first-order valence-corrected chi connectivity index (χ1v) is 7.80. The number of rotatable bonds is 7. The van der Waals surface area contributed by atoms with Crippen molar-refractivity contribution in [1.82, 2.24) is 0 Å². The summed E-state index contributed by atoms with van der Waals surface area (Å²) in [5.41, 5.74) is 0.0959. The van der Waals surface area contributed by atoms with E-state index < -0.39 is 24.1 Å². The Labute approximate surface area is 140 Å². The van der Waals surface area contributed by atoms with E-state index in [2.05, 4.69) is 10.1 Å². The number of amides is 1. The van der Waals surface area contributed by atoms with Gasteiger partial charge in [0, 0.05) is 29.5 Å². The minimum absolute atomic E-state index is 0.0286. The molecule has 0 bridgehead atoms. The Hall–Kier alpha value is -2.35. The number of halogens is 3. The summed E-state index contributed by atoms with van der Waals surface area (Å²) in [5, 5.41) is 2.40. The highest BCUT2D eigenvalue weighted by molar-refractivity contribution is 7.14. The summed E-state index contributed by atoms with van der Waals surface area (Å²) in [5.74, 6) is -2.24. The van der Waals surface area contributed by atoms with Crippen LogP contribution in [0, 0.1) is 12.7 Å². The molecule has 0 spiro atoms. The van der Waals surface area contributed by atoms with Gasteiger partial charge in [-0.15, -0.1) is 11.3 Å². The van der Waals surface area contributed by atoms with Gasteiger partial charge in [0.15, 0.2) is 17.3 Å². The molecule has 8 heteroatoms. The summed E-state index contributed by atoms with van der Waals surface area (Å²) in [6, 6.07) is 6.64. The van der Waals surface area contributed by atoms with Crippen LogP contribution in [0.1, 0.15) is 27.4 Å². The molecule has 0 aliphatic carbocycles. The summed E-state index contributed by atoms with van der Waals surface area (Å²) in [6.07, 6.45) is -0.0342. The van der Waals surface area contributed by atoms with Crippen LogP contribution in [0.3, 0.4) is 0 Å². The predicted molar refractivity (Wildman–Crippen MR) is 84.3 cm³/mol. The van der Waals surface area contributed by atoms with E-state index in [1.807, 2.05) is 13.0 Å². The maximum atomic E-state index is 13.5. The summed E-state index contributed by atoms with van der Waals surface area (Å²) in [7, 11) is 0. The number of carbonyl (C=O) groups is 2. The lowest BCUT2D eigenvalue weighted by Gasteiger charge is -2.08. The first-order chi connectivity index (χ1) is 11.3. The Balaban J connectivity index is 1.88. The molecule has 0 unspecified atom stereocenters. The second-order valence-corrected chi connectivity index (χ2v) is 6.19. The fourth-order valence-corrected chi connectivity index (χ4v) is 2.76. The molecule has 0 saturated heterocycles. The number of thiophene rings is 1. The molecule has 0 radical (unpaired) electrons. The Kier molecular flexibility index (Phi) is 5.97. The average Bonchev–Trinajstić information content (AvgIpc) is 2.94. The minimum atomic E-state index is -3.13. The molecule has 1 heterocycles. The van der Waals surface area contributed by atoms with Crippen molar-refractivity contribution in [2.24, 2.45) is 0 Å². The standard InChI is InChI=1S/C16H14F3NO3S/c1-9-2-6-14(24-9)12(21)4-7-15(22)20-10-3-5-13(11(17)8-10)23-16(18)19/h2-3,5-6,8,16H,4,7H2,1H3,(H,20,22). The Morgan fingerprint density at radius 3 is 2.54 bits per heavy atom. The van der Waals surface area contributed by atoms with Gasteiger partial charge in [-0.25, -0.2) is 4.39 Å². The van der Waals surface area contributed by atoms with Gasteiger partial charge in [0.1, 0.15) is 0 Å². The summed E-state index contributed by atoms with van der Waals surface area (Å²) >= 11 is 1.35. The van der Waals surface area contributed by atoms with E-state index in [0.29, 0.717) is 4.88 Å². The number of nitrogens with one attached hydrogen (secondary N) is 1. The molecule has 0 aliphatic rings. The van der Waals surface area contributed by atoms with Gasteiger partial charge in [0.05, 0.1) is 4.88 Å². The van der Waals surface area contributed by atoms with Crippen LogP contribution in [0.2, 0.25) is 0 Å². The summed E-state index contributed by atoms with van der Waals surface area (Å²) in [6.45, 7) is -1.25. The van der Waals surface area contributed by atoms with E-state index in [9.17, 15) is 22.8 Å². The average molecular weight is 357 g/mol. The van der Waals surface area contributed by atoms with Crippen molar-refractivity contribution in [3.63, 3.8) is 0 Å². The molecule has 24 heavy (non-hydrogen) atoms. The maximum Gasteiger partial charge on any atom is 0.387 e. The molecule has 1 N–H and O–H groups in total. The van der Waals surface area contributed by atoms with Crippen molar-refractivity contribution in [3.05, 3.63) is 45.9 Å². The van der Waals surface area contributed by atoms with Crippen LogP contribution in [-0.4, -0.2) is 18.3 Å². The SMILES string of the molecule is Cc1ccc(C(=O)CCC(=O)Nc2ccc(OC(F)F)c(F)c2)s1. The van der Waals surface area contributed by atoms with Crippen LogP contribution in [0.15, 0.2) is 30.3 Å². The highest BCUT2D eigenvalue weighted by Gasteiger charge is 2.13. The van der Waals surface area contributed by atoms with Crippen LogP contribution in [0.4, 0.5) is 18.9 Å². The third-order valence-corrected chi connectivity index (χ3v) is 4.07. The number of aryl methyl sites for hydroxylation is 1. The molecular weight excluding hydrogens is 343 g/mol. The number of Topliss-reactive ketones (excluding diaryl/α,β-unsaturated/α-hetero) is 1.